The van der Waals surface area contributed by atoms with Crippen molar-refractivity contribution >= 4 is 25.7 Å². The highest BCUT2D eigenvalue weighted by Gasteiger charge is 2.39. The Balaban J connectivity index is 1.91. The first kappa shape index (κ1) is 30.4. The third-order valence-electron chi connectivity index (χ3n) is 7.42. The number of aromatic nitrogens is 1. The van der Waals surface area contributed by atoms with E-state index in [4.69, 9.17) is 13.9 Å². The fraction of sp³-hybridized carbons (Fsp3) is 0.759. The first-order valence-corrected chi connectivity index (χ1v) is 17.3. The van der Waals surface area contributed by atoms with Crippen LogP contribution in [0.25, 0.3) is 6.08 Å². The molecule has 2 rings (SSSR count). The molecule has 3 atom stereocenters. The predicted molar refractivity (Wildman–Crippen MR) is 154 cm³/mol. The van der Waals surface area contributed by atoms with Crippen LogP contribution in [-0.2, 0) is 13.9 Å². The van der Waals surface area contributed by atoms with Gasteiger partial charge in [0, 0.05) is 12.0 Å². The zero-order valence-electron chi connectivity index (χ0n) is 23.9. The van der Waals surface area contributed by atoms with Gasteiger partial charge >= 0.3 is 0 Å². The molecular formula is C29H51NO3SSi. The summed E-state index contributed by atoms with van der Waals surface area (Å²) in [5.41, 5.74) is 3.76. The van der Waals surface area contributed by atoms with Gasteiger partial charge in [-0.15, -0.1) is 11.3 Å². The molecule has 4 nitrogen and oxygen atoms in total. The molecule has 1 saturated heterocycles. The fourth-order valence-electron chi connectivity index (χ4n) is 3.97. The maximum atomic E-state index is 6.90. The van der Waals surface area contributed by atoms with Crippen molar-refractivity contribution in [3.05, 3.63) is 33.3 Å². The maximum absolute atomic E-state index is 6.90. The van der Waals surface area contributed by atoms with Crippen molar-refractivity contribution in [3.8, 4) is 0 Å². The van der Waals surface area contributed by atoms with E-state index in [2.05, 4.69) is 84.1 Å². The van der Waals surface area contributed by atoms with Crippen LogP contribution >= 0.6 is 11.3 Å². The largest absolute Gasteiger partial charge is 0.410 e. The smallest absolute Gasteiger partial charge is 0.192 e. The zero-order valence-corrected chi connectivity index (χ0v) is 25.7. The molecule has 0 saturated carbocycles. The van der Waals surface area contributed by atoms with E-state index in [1.54, 1.807) is 11.3 Å². The topological polar surface area (TPSA) is 40.6 Å². The summed E-state index contributed by atoms with van der Waals surface area (Å²) in [4.78, 5) is 4.64. The average Bonchev–Trinajstić information content (AvgIpc) is 3.19. The van der Waals surface area contributed by atoms with E-state index < -0.39 is 8.32 Å². The minimum atomic E-state index is -1.89. The molecule has 1 aliphatic rings. The van der Waals surface area contributed by atoms with E-state index in [1.807, 2.05) is 0 Å². The lowest BCUT2D eigenvalue weighted by atomic mass is 10.0. The Bertz CT molecular complexity index is 818. The highest BCUT2D eigenvalue weighted by molar-refractivity contribution is 7.09. The molecule has 0 amide bonds. The number of ether oxygens (including phenoxy) is 2. The Morgan fingerprint density at radius 3 is 2.63 bits per heavy atom. The SMILES string of the molecule is C/C(=C\C[C@H](O[Si](C)(C)C(C)(C)C)/C(C)=C/c1csc(C)n1)CCC[C@H](C)COC1CCCCO1. The quantitative estimate of drug-likeness (QED) is 0.192. The van der Waals surface area contributed by atoms with Gasteiger partial charge in [0.2, 0.25) is 0 Å². The molecule has 1 aliphatic heterocycles. The van der Waals surface area contributed by atoms with Crippen LogP contribution in [0.4, 0.5) is 0 Å². The fourth-order valence-corrected chi connectivity index (χ4v) is 5.89. The highest BCUT2D eigenvalue weighted by Crippen LogP contribution is 2.38. The van der Waals surface area contributed by atoms with Crippen molar-refractivity contribution in [1.29, 1.82) is 0 Å². The van der Waals surface area contributed by atoms with Crippen LogP contribution in [0.5, 0.6) is 0 Å². The minimum Gasteiger partial charge on any atom is -0.410 e. The number of rotatable bonds is 13. The Kier molecular flexibility index (Phi) is 12.4. The molecule has 200 valence electrons. The van der Waals surface area contributed by atoms with Crippen molar-refractivity contribution in [1.82, 2.24) is 4.98 Å². The van der Waals surface area contributed by atoms with Crippen molar-refractivity contribution < 1.29 is 13.9 Å². The first-order chi connectivity index (χ1) is 16.4. The summed E-state index contributed by atoms with van der Waals surface area (Å²) in [6.45, 7) is 22.1. The van der Waals surface area contributed by atoms with Crippen molar-refractivity contribution in [3.63, 3.8) is 0 Å². The van der Waals surface area contributed by atoms with Crippen LogP contribution in [0.3, 0.4) is 0 Å². The summed E-state index contributed by atoms with van der Waals surface area (Å²) in [5, 5.41) is 3.42. The van der Waals surface area contributed by atoms with Crippen molar-refractivity contribution in [2.75, 3.05) is 13.2 Å². The second-order valence-electron chi connectivity index (χ2n) is 12.0. The molecule has 0 radical (unpaired) electrons. The van der Waals surface area contributed by atoms with E-state index in [0.29, 0.717) is 5.92 Å². The van der Waals surface area contributed by atoms with Gasteiger partial charge < -0.3 is 13.9 Å². The van der Waals surface area contributed by atoms with Gasteiger partial charge in [0.15, 0.2) is 14.6 Å². The highest BCUT2D eigenvalue weighted by atomic mass is 32.1. The lowest BCUT2D eigenvalue weighted by Crippen LogP contribution is -2.44. The van der Waals surface area contributed by atoms with Crippen molar-refractivity contribution in [2.24, 2.45) is 5.92 Å². The number of allylic oxidation sites excluding steroid dienone is 1. The summed E-state index contributed by atoms with van der Waals surface area (Å²) in [7, 11) is -1.89. The second-order valence-corrected chi connectivity index (χ2v) is 17.8. The van der Waals surface area contributed by atoms with Gasteiger partial charge in [0.1, 0.15) is 0 Å². The van der Waals surface area contributed by atoms with Gasteiger partial charge in [-0.1, -0.05) is 39.3 Å². The van der Waals surface area contributed by atoms with Gasteiger partial charge in [-0.3, -0.25) is 0 Å². The first-order valence-electron chi connectivity index (χ1n) is 13.5. The molecule has 0 aromatic carbocycles. The van der Waals surface area contributed by atoms with Crippen LogP contribution < -0.4 is 0 Å². The van der Waals surface area contributed by atoms with E-state index in [-0.39, 0.29) is 17.4 Å². The summed E-state index contributed by atoms with van der Waals surface area (Å²) in [5.74, 6) is 0.565. The Morgan fingerprint density at radius 1 is 1.29 bits per heavy atom. The summed E-state index contributed by atoms with van der Waals surface area (Å²) >= 11 is 1.70. The maximum Gasteiger partial charge on any atom is 0.192 e. The number of hydrogen-bond acceptors (Lipinski definition) is 5. The molecule has 0 bridgehead atoms. The monoisotopic (exact) mass is 521 g/mol. The number of thiazole rings is 1. The Hall–Kier alpha value is -0.793. The summed E-state index contributed by atoms with van der Waals surface area (Å²) in [6, 6.07) is 0. The normalized spacial score (nSPS) is 20.2. The zero-order chi connectivity index (χ0) is 26.1. The molecule has 0 spiro atoms. The number of nitrogens with zero attached hydrogens (tertiary/aromatic N) is 1. The van der Waals surface area contributed by atoms with Gasteiger partial charge in [-0.05, 0) is 101 Å². The van der Waals surface area contributed by atoms with Crippen LogP contribution in [0.2, 0.25) is 18.1 Å². The van der Waals surface area contributed by atoms with E-state index in [0.717, 1.165) is 43.2 Å². The van der Waals surface area contributed by atoms with Crippen LogP contribution in [0.15, 0.2) is 22.6 Å². The molecule has 1 aromatic heterocycles. The molecule has 0 N–H and O–H groups in total. The Morgan fingerprint density at radius 2 is 2.03 bits per heavy atom. The van der Waals surface area contributed by atoms with Gasteiger partial charge in [-0.2, -0.15) is 0 Å². The van der Waals surface area contributed by atoms with E-state index in [9.17, 15) is 0 Å². The lowest BCUT2D eigenvalue weighted by Gasteiger charge is -2.39. The van der Waals surface area contributed by atoms with Gasteiger partial charge in [0.05, 0.1) is 23.4 Å². The summed E-state index contributed by atoms with van der Waals surface area (Å²) < 4.78 is 18.6. The summed E-state index contributed by atoms with van der Waals surface area (Å²) in [6.07, 6.45) is 12.6. The van der Waals surface area contributed by atoms with Crippen LogP contribution in [0.1, 0.15) is 97.2 Å². The standard InChI is InChI=1S/C29H51NO3SSi/c1-22(13-12-14-23(2)20-32-28-15-10-11-18-31-28)16-17-27(33-35(8,9)29(5,6)7)24(3)19-26-21-34-25(4)30-26/h16,19,21,23,27-28H,10-15,17-18,20H2,1-9H3/b22-16+,24-19+/t23-,27-,28?/m0/s1. The molecule has 1 unspecified atom stereocenters. The molecule has 6 heteroatoms. The third-order valence-corrected chi connectivity index (χ3v) is 12.7. The van der Waals surface area contributed by atoms with Crippen LogP contribution in [0, 0.1) is 12.8 Å². The molecule has 35 heavy (non-hydrogen) atoms. The molecule has 1 fully saturated rings. The van der Waals surface area contributed by atoms with Crippen molar-refractivity contribution in [2.45, 2.75) is 124 Å². The molecule has 2 heterocycles. The average molecular weight is 522 g/mol. The molecular weight excluding hydrogens is 470 g/mol. The van der Waals surface area contributed by atoms with Gasteiger partial charge in [0.25, 0.3) is 0 Å². The van der Waals surface area contributed by atoms with Gasteiger partial charge in [-0.25, -0.2) is 4.98 Å². The lowest BCUT2D eigenvalue weighted by molar-refractivity contribution is -0.168. The van der Waals surface area contributed by atoms with E-state index >= 15 is 0 Å². The number of hydrogen-bond donors (Lipinski definition) is 0. The number of aryl methyl sites for hydroxylation is 1. The molecule has 1 aromatic rings. The minimum absolute atomic E-state index is 0.0233. The molecule has 0 aliphatic carbocycles. The van der Waals surface area contributed by atoms with Crippen LogP contribution in [-0.4, -0.2) is 38.9 Å². The predicted octanol–water partition coefficient (Wildman–Crippen LogP) is 8.93. The third kappa shape index (κ3) is 11.0. The van der Waals surface area contributed by atoms with E-state index in [1.165, 1.54) is 36.8 Å². The second kappa shape index (κ2) is 14.2. The Labute approximate surface area is 220 Å².